The zero-order chi connectivity index (χ0) is 22.1. The number of ether oxygens (including phenoxy) is 2. The Morgan fingerprint density at radius 2 is 1.84 bits per heavy atom. The summed E-state index contributed by atoms with van der Waals surface area (Å²) in [5.41, 5.74) is 0.728. The van der Waals surface area contributed by atoms with Crippen molar-refractivity contribution in [2.24, 2.45) is 0 Å². The standard InChI is InChI=1S/C24H25NO6/c1-2-29-19-11-8-17(9-12-19)10-13-22(26)30-15-5-14-25-23(27)20-16-18-6-3-4-7-21(18)31-24(20)28/h3-4,6-9,11-12,16H,2,5,10,13-15H2,1H3,(H,25,27). The molecule has 0 aliphatic heterocycles. The lowest BCUT2D eigenvalue weighted by molar-refractivity contribution is -0.143. The predicted molar refractivity (Wildman–Crippen MR) is 116 cm³/mol. The maximum absolute atomic E-state index is 12.2. The normalized spacial score (nSPS) is 10.6. The second-order valence-electron chi connectivity index (χ2n) is 6.89. The predicted octanol–water partition coefficient (Wildman–Crippen LogP) is 3.49. The molecule has 1 amide bonds. The summed E-state index contributed by atoms with van der Waals surface area (Å²) in [5, 5.41) is 3.32. The highest BCUT2D eigenvalue weighted by molar-refractivity contribution is 5.96. The molecule has 31 heavy (non-hydrogen) atoms. The van der Waals surface area contributed by atoms with Gasteiger partial charge in [0.25, 0.3) is 5.91 Å². The molecule has 3 rings (SSSR count). The van der Waals surface area contributed by atoms with E-state index in [1.165, 1.54) is 6.07 Å². The summed E-state index contributed by atoms with van der Waals surface area (Å²) in [4.78, 5) is 36.1. The van der Waals surface area contributed by atoms with Crippen LogP contribution in [-0.2, 0) is 16.0 Å². The second-order valence-corrected chi connectivity index (χ2v) is 6.89. The van der Waals surface area contributed by atoms with Crippen LogP contribution in [0.2, 0.25) is 0 Å². The van der Waals surface area contributed by atoms with Gasteiger partial charge in [-0.25, -0.2) is 4.79 Å². The van der Waals surface area contributed by atoms with Crippen LogP contribution < -0.4 is 15.7 Å². The average Bonchev–Trinajstić information content (AvgIpc) is 2.78. The summed E-state index contributed by atoms with van der Waals surface area (Å²) < 4.78 is 15.8. The third-order valence-corrected chi connectivity index (χ3v) is 4.61. The first-order valence-electron chi connectivity index (χ1n) is 10.3. The Hall–Kier alpha value is -3.61. The highest BCUT2D eigenvalue weighted by Crippen LogP contribution is 2.14. The molecule has 162 valence electrons. The molecule has 0 radical (unpaired) electrons. The molecule has 0 aliphatic carbocycles. The van der Waals surface area contributed by atoms with E-state index in [0.29, 0.717) is 30.4 Å². The monoisotopic (exact) mass is 423 g/mol. The Morgan fingerprint density at radius 1 is 1.06 bits per heavy atom. The van der Waals surface area contributed by atoms with Crippen LogP contribution in [0.3, 0.4) is 0 Å². The molecule has 0 atom stereocenters. The van der Waals surface area contributed by atoms with Gasteiger partial charge >= 0.3 is 11.6 Å². The third kappa shape index (κ3) is 6.44. The van der Waals surface area contributed by atoms with Crippen molar-refractivity contribution in [3.63, 3.8) is 0 Å². The summed E-state index contributed by atoms with van der Waals surface area (Å²) in [7, 11) is 0. The molecule has 2 aromatic carbocycles. The molecule has 1 aromatic heterocycles. The van der Waals surface area contributed by atoms with Crippen molar-refractivity contribution in [1.82, 2.24) is 5.32 Å². The van der Waals surface area contributed by atoms with Gasteiger partial charge in [0.15, 0.2) is 0 Å². The number of esters is 1. The number of rotatable bonds is 10. The van der Waals surface area contributed by atoms with Crippen LogP contribution in [0.25, 0.3) is 11.0 Å². The van der Waals surface area contributed by atoms with Gasteiger partial charge < -0.3 is 19.2 Å². The van der Waals surface area contributed by atoms with E-state index in [1.54, 1.807) is 24.3 Å². The molecule has 0 saturated heterocycles. The zero-order valence-electron chi connectivity index (χ0n) is 17.4. The van der Waals surface area contributed by atoms with E-state index < -0.39 is 11.5 Å². The van der Waals surface area contributed by atoms with Crippen LogP contribution in [0.15, 0.2) is 63.8 Å². The molecule has 0 fully saturated rings. The van der Waals surface area contributed by atoms with E-state index in [0.717, 1.165) is 11.3 Å². The smallest absolute Gasteiger partial charge is 0.349 e. The van der Waals surface area contributed by atoms with Gasteiger partial charge in [0.2, 0.25) is 0 Å². The Morgan fingerprint density at radius 3 is 2.61 bits per heavy atom. The number of carbonyl (C=O) groups excluding carboxylic acids is 2. The van der Waals surface area contributed by atoms with Crippen LogP contribution in [0.1, 0.15) is 35.7 Å². The Kier molecular flexibility index (Phi) is 7.81. The number of amides is 1. The first kappa shape index (κ1) is 22.1. The van der Waals surface area contributed by atoms with Crippen molar-refractivity contribution >= 4 is 22.8 Å². The minimum absolute atomic E-state index is 0.0500. The number of hydrogen-bond acceptors (Lipinski definition) is 6. The van der Waals surface area contributed by atoms with Gasteiger partial charge in [-0.05, 0) is 49.6 Å². The van der Waals surface area contributed by atoms with Gasteiger partial charge in [-0.15, -0.1) is 0 Å². The topological polar surface area (TPSA) is 94.8 Å². The van der Waals surface area contributed by atoms with E-state index in [9.17, 15) is 14.4 Å². The van der Waals surface area contributed by atoms with Crippen LogP contribution >= 0.6 is 0 Å². The first-order chi connectivity index (χ1) is 15.1. The number of nitrogens with one attached hydrogen (secondary N) is 1. The van der Waals surface area contributed by atoms with Crippen molar-refractivity contribution < 1.29 is 23.5 Å². The number of benzene rings is 2. The zero-order valence-corrected chi connectivity index (χ0v) is 17.4. The van der Waals surface area contributed by atoms with Gasteiger partial charge in [-0.1, -0.05) is 30.3 Å². The summed E-state index contributed by atoms with van der Waals surface area (Å²) in [6, 6.07) is 16.1. The quantitative estimate of drug-likeness (QED) is 0.305. The summed E-state index contributed by atoms with van der Waals surface area (Å²) >= 11 is 0. The molecule has 3 aromatic rings. The van der Waals surface area contributed by atoms with Crippen molar-refractivity contribution in [1.29, 1.82) is 0 Å². The lowest BCUT2D eigenvalue weighted by Gasteiger charge is -2.07. The van der Waals surface area contributed by atoms with Gasteiger partial charge in [-0.3, -0.25) is 9.59 Å². The lowest BCUT2D eigenvalue weighted by atomic mass is 10.1. The van der Waals surface area contributed by atoms with Crippen molar-refractivity contribution in [3.05, 3.63) is 76.1 Å². The number of hydrogen-bond donors (Lipinski definition) is 1. The molecule has 1 N–H and O–H groups in total. The Labute approximate surface area is 180 Å². The third-order valence-electron chi connectivity index (χ3n) is 4.61. The molecular weight excluding hydrogens is 398 g/mol. The molecule has 7 nitrogen and oxygen atoms in total. The molecule has 0 unspecified atom stereocenters. The van der Waals surface area contributed by atoms with E-state index >= 15 is 0 Å². The SMILES string of the molecule is CCOc1ccc(CCC(=O)OCCCNC(=O)c2cc3ccccc3oc2=O)cc1. The summed E-state index contributed by atoms with van der Waals surface area (Å²) in [6.07, 6.45) is 1.30. The number of fused-ring (bicyclic) bond motifs is 1. The van der Waals surface area contributed by atoms with Crippen molar-refractivity contribution in [2.75, 3.05) is 19.8 Å². The van der Waals surface area contributed by atoms with Gasteiger partial charge in [0.05, 0.1) is 13.2 Å². The molecule has 0 bridgehead atoms. The molecular formula is C24H25NO6. The van der Waals surface area contributed by atoms with Gasteiger partial charge in [-0.2, -0.15) is 0 Å². The summed E-state index contributed by atoms with van der Waals surface area (Å²) in [6.45, 7) is 3.00. The van der Waals surface area contributed by atoms with Crippen LogP contribution in [0.4, 0.5) is 0 Å². The minimum Gasteiger partial charge on any atom is -0.494 e. The average molecular weight is 423 g/mol. The first-order valence-corrected chi connectivity index (χ1v) is 10.3. The van der Waals surface area contributed by atoms with E-state index in [2.05, 4.69) is 5.32 Å². The fraction of sp³-hybridized carbons (Fsp3) is 0.292. The maximum Gasteiger partial charge on any atom is 0.349 e. The molecule has 0 spiro atoms. The van der Waals surface area contributed by atoms with E-state index in [-0.39, 0.29) is 31.1 Å². The van der Waals surface area contributed by atoms with Crippen molar-refractivity contribution in [2.45, 2.75) is 26.2 Å². The highest BCUT2D eigenvalue weighted by Gasteiger charge is 2.13. The van der Waals surface area contributed by atoms with Gasteiger partial charge in [0, 0.05) is 18.4 Å². The molecule has 1 heterocycles. The minimum atomic E-state index is -0.683. The molecule has 0 aliphatic rings. The number of aryl methyl sites for hydroxylation is 1. The Bertz CT molecular complexity index is 1090. The number of carbonyl (C=O) groups is 2. The molecule has 0 saturated carbocycles. The molecule has 7 heteroatoms. The largest absolute Gasteiger partial charge is 0.494 e. The maximum atomic E-state index is 12.2. The van der Waals surface area contributed by atoms with E-state index in [1.807, 2.05) is 31.2 Å². The number of para-hydroxylation sites is 1. The lowest BCUT2D eigenvalue weighted by Crippen LogP contribution is -2.29. The van der Waals surface area contributed by atoms with Crippen LogP contribution in [0, 0.1) is 0 Å². The van der Waals surface area contributed by atoms with Gasteiger partial charge in [0.1, 0.15) is 16.9 Å². The Balaban J connectivity index is 1.36. The highest BCUT2D eigenvalue weighted by atomic mass is 16.5. The summed E-state index contributed by atoms with van der Waals surface area (Å²) in [5.74, 6) is -0.00551. The second kappa shape index (κ2) is 11.0. The van der Waals surface area contributed by atoms with Crippen LogP contribution in [-0.4, -0.2) is 31.6 Å². The van der Waals surface area contributed by atoms with E-state index in [4.69, 9.17) is 13.9 Å². The fourth-order valence-corrected chi connectivity index (χ4v) is 3.01. The van der Waals surface area contributed by atoms with Crippen molar-refractivity contribution in [3.8, 4) is 5.75 Å². The van der Waals surface area contributed by atoms with Crippen LogP contribution in [0.5, 0.6) is 5.75 Å². The fourth-order valence-electron chi connectivity index (χ4n) is 3.01.